The van der Waals surface area contributed by atoms with E-state index in [1.807, 2.05) is 18.4 Å². The summed E-state index contributed by atoms with van der Waals surface area (Å²) in [4.78, 5) is 9.70. The van der Waals surface area contributed by atoms with Crippen LogP contribution in [0.2, 0.25) is 0 Å². The Hall–Kier alpha value is -0.210. The molecule has 0 spiro atoms. The van der Waals surface area contributed by atoms with Crippen molar-refractivity contribution in [2.75, 3.05) is 5.73 Å². The summed E-state index contributed by atoms with van der Waals surface area (Å²) in [7, 11) is 0. The minimum absolute atomic E-state index is 0.544. The van der Waals surface area contributed by atoms with Crippen LogP contribution in [-0.4, -0.2) is 9.97 Å². The van der Waals surface area contributed by atoms with Crippen LogP contribution in [0.5, 0.6) is 0 Å². The fraction of sp³-hybridized carbons (Fsp3) is 0.111. The maximum absolute atomic E-state index is 5.80. The molecule has 15 heavy (non-hydrogen) atoms. The first-order chi connectivity index (χ1) is 7.08. The van der Waals surface area contributed by atoms with E-state index in [2.05, 4.69) is 48.5 Å². The molecule has 2 heterocycles. The monoisotopic (exact) mass is 395 g/mol. The van der Waals surface area contributed by atoms with Gasteiger partial charge in [-0.25, -0.2) is 9.97 Å². The number of hydrogen-bond donors (Lipinski definition) is 1. The molecule has 0 aliphatic carbocycles. The molecule has 0 aliphatic heterocycles. The molecule has 3 nitrogen and oxygen atoms in total. The van der Waals surface area contributed by atoms with Gasteiger partial charge in [0.2, 0.25) is 0 Å². The molecule has 6 heteroatoms. The highest BCUT2D eigenvalue weighted by Crippen LogP contribution is 2.29. The molecule has 2 rings (SSSR count). The molecule has 78 valence electrons. The molecule has 0 saturated carbocycles. The molecule has 2 N–H and O–H groups in total. The second-order valence-corrected chi connectivity index (χ2v) is 5.87. The summed E-state index contributed by atoms with van der Waals surface area (Å²) in [6.45, 7) is 1.94. The third-order valence-electron chi connectivity index (χ3n) is 1.83. The Morgan fingerprint density at radius 2 is 2.20 bits per heavy atom. The van der Waals surface area contributed by atoms with Crippen molar-refractivity contribution in [2.45, 2.75) is 6.92 Å². The van der Waals surface area contributed by atoms with Gasteiger partial charge in [0.15, 0.2) is 5.82 Å². The third kappa shape index (κ3) is 2.31. The minimum atomic E-state index is 0.544. The van der Waals surface area contributed by atoms with E-state index in [4.69, 9.17) is 5.73 Å². The van der Waals surface area contributed by atoms with Crippen molar-refractivity contribution in [3.8, 4) is 10.7 Å². The van der Waals surface area contributed by atoms with Crippen molar-refractivity contribution in [1.29, 1.82) is 0 Å². The molecule has 0 saturated heterocycles. The van der Waals surface area contributed by atoms with Gasteiger partial charge in [0.1, 0.15) is 5.82 Å². The Balaban J connectivity index is 2.55. The van der Waals surface area contributed by atoms with Crippen LogP contribution in [0.15, 0.2) is 15.9 Å². The van der Waals surface area contributed by atoms with Gasteiger partial charge in [-0.3, -0.25) is 0 Å². The van der Waals surface area contributed by atoms with Crippen molar-refractivity contribution in [1.82, 2.24) is 9.97 Å². The Labute approximate surface area is 113 Å². The van der Waals surface area contributed by atoms with E-state index >= 15 is 0 Å². The van der Waals surface area contributed by atoms with Gasteiger partial charge in [-0.1, -0.05) is 0 Å². The van der Waals surface area contributed by atoms with Crippen LogP contribution in [0.3, 0.4) is 0 Å². The average molecular weight is 396 g/mol. The lowest BCUT2D eigenvalue weighted by atomic mass is 10.4. The van der Waals surface area contributed by atoms with Gasteiger partial charge >= 0.3 is 0 Å². The lowest BCUT2D eigenvalue weighted by Gasteiger charge is -2.03. The smallest absolute Gasteiger partial charge is 0.171 e. The van der Waals surface area contributed by atoms with Gasteiger partial charge in [-0.2, -0.15) is 0 Å². The number of anilines is 1. The molecule has 0 atom stereocenters. The number of thiophene rings is 1. The maximum Gasteiger partial charge on any atom is 0.171 e. The molecule has 2 aromatic rings. The number of halogens is 2. The quantitative estimate of drug-likeness (QED) is 0.752. The van der Waals surface area contributed by atoms with E-state index in [-0.39, 0.29) is 0 Å². The summed E-state index contributed by atoms with van der Waals surface area (Å²) in [5.74, 6) is 1.24. The molecule has 0 aromatic carbocycles. The van der Waals surface area contributed by atoms with E-state index in [9.17, 15) is 0 Å². The zero-order valence-electron chi connectivity index (χ0n) is 7.79. The summed E-state index contributed by atoms with van der Waals surface area (Å²) in [6, 6.07) is 1.99. The molecule has 0 fully saturated rings. The largest absolute Gasteiger partial charge is 0.383 e. The van der Waals surface area contributed by atoms with Gasteiger partial charge in [0.05, 0.1) is 14.1 Å². The molecule has 0 aliphatic rings. The maximum atomic E-state index is 5.80. The van der Waals surface area contributed by atoms with Crippen molar-refractivity contribution >= 4 is 55.7 Å². The second kappa shape index (κ2) is 4.34. The predicted molar refractivity (Wildman–Crippen MR) is 74.9 cm³/mol. The van der Waals surface area contributed by atoms with Crippen LogP contribution in [0, 0.1) is 10.5 Å². The van der Waals surface area contributed by atoms with Crippen molar-refractivity contribution in [2.24, 2.45) is 0 Å². The first kappa shape index (κ1) is 11.3. The molecule has 0 unspecified atom stereocenters. The normalized spacial score (nSPS) is 10.6. The summed E-state index contributed by atoms with van der Waals surface area (Å²) in [5.41, 5.74) is 6.72. The lowest BCUT2D eigenvalue weighted by Crippen LogP contribution is -2.01. The minimum Gasteiger partial charge on any atom is -0.383 e. The Bertz CT molecular complexity index is 489. The second-order valence-electron chi connectivity index (χ2n) is 2.96. The number of aromatic nitrogens is 2. The van der Waals surface area contributed by atoms with Crippen LogP contribution in [-0.2, 0) is 0 Å². The van der Waals surface area contributed by atoms with Crippen LogP contribution in [0.25, 0.3) is 10.7 Å². The highest BCUT2D eigenvalue weighted by Gasteiger charge is 2.09. The van der Waals surface area contributed by atoms with Crippen molar-refractivity contribution < 1.29 is 0 Å². The summed E-state index contributed by atoms with van der Waals surface area (Å²) in [5, 5.41) is 2.00. The third-order valence-corrected chi connectivity index (χ3v) is 4.85. The lowest BCUT2D eigenvalue weighted by molar-refractivity contribution is 1.11. The molecule has 0 radical (unpaired) electrons. The first-order valence-corrected chi connectivity index (χ1v) is 6.87. The van der Waals surface area contributed by atoms with E-state index < -0.39 is 0 Å². The van der Waals surface area contributed by atoms with E-state index in [1.54, 1.807) is 11.3 Å². The Morgan fingerprint density at radius 3 is 2.73 bits per heavy atom. The van der Waals surface area contributed by atoms with Gasteiger partial charge in [0.25, 0.3) is 0 Å². The molecule has 2 aromatic heterocycles. The molecular weight excluding hydrogens is 389 g/mol. The molecular formula is C9H7BrIN3S. The topological polar surface area (TPSA) is 51.8 Å². The standard InChI is InChI=1S/C9H7BrIN3S/c1-4-7(11)8(12)14-9(13-4)6-2-5(10)3-15-6/h2-3H,1H3,(H2,12,13,14). The summed E-state index contributed by atoms with van der Waals surface area (Å²) >= 11 is 7.15. The van der Waals surface area contributed by atoms with E-state index in [1.165, 1.54) is 0 Å². The predicted octanol–water partition coefficient (Wildman–Crippen LogP) is 3.46. The van der Waals surface area contributed by atoms with E-state index in [0.29, 0.717) is 11.6 Å². The first-order valence-electron chi connectivity index (χ1n) is 4.12. The fourth-order valence-corrected chi connectivity index (χ4v) is 2.72. The van der Waals surface area contributed by atoms with Gasteiger partial charge in [0, 0.05) is 9.85 Å². The van der Waals surface area contributed by atoms with E-state index in [0.717, 1.165) is 18.6 Å². The van der Waals surface area contributed by atoms with Crippen molar-refractivity contribution in [3.05, 3.63) is 25.2 Å². The zero-order chi connectivity index (χ0) is 11.0. The number of hydrogen-bond acceptors (Lipinski definition) is 4. The Morgan fingerprint density at radius 1 is 1.47 bits per heavy atom. The number of nitrogens with zero attached hydrogens (tertiary/aromatic N) is 2. The van der Waals surface area contributed by atoms with Gasteiger partial charge in [-0.15, -0.1) is 11.3 Å². The van der Waals surface area contributed by atoms with Crippen LogP contribution in [0.1, 0.15) is 5.69 Å². The Kier molecular flexibility index (Phi) is 3.27. The number of aryl methyl sites for hydroxylation is 1. The average Bonchev–Trinajstić information content (AvgIpc) is 2.60. The number of nitrogen functional groups attached to an aromatic ring is 1. The van der Waals surface area contributed by atoms with Gasteiger partial charge < -0.3 is 5.73 Å². The molecule has 0 amide bonds. The molecule has 0 bridgehead atoms. The van der Waals surface area contributed by atoms with Crippen molar-refractivity contribution in [3.63, 3.8) is 0 Å². The van der Waals surface area contributed by atoms with Crippen LogP contribution < -0.4 is 5.73 Å². The fourth-order valence-electron chi connectivity index (χ4n) is 1.12. The number of rotatable bonds is 1. The SMILES string of the molecule is Cc1nc(-c2cc(Br)cs2)nc(N)c1I. The summed E-state index contributed by atoms with van der Waals surface area (Å²) in [6.07, 6.45) is 0. The highest BCUT2D eigenvalue weighted by molar-refractivity contribution is 14.1. The highest BCUT2D eigenvalue weighted by atomic mass is 127. The van der Waals surface area contributed by atoms with Crippen LogP contribution in [0.4, 0.5) is 5.82 Å². The number of nitrogens with two attached hydrogens (primary N) is 1. The van der Waals surface area contributed by atoms with Crippen LogP contribution >= 0.6 is 49.9 Å². The van der Waals surface area contributed by atoms with Gasteiger partial charge in [-0.05, 0) is 51.5 Å². The summed E-state index contributed by atoms with van der Waals surface area (Å²) < 4.78 is 1.97. The zero-order valence-corrected chi connectivity index (χ0v) is 12.4.